The minimum Gasteiger partial charge on any atom is -0.392 e. The molecule has 2 aromatic rings. The fourth-order valence-electron chi connectivity index (χ4n) is 1.83. The first-order valence-corrected chi connectivity index (χ1v) is 6.18. The first kappa shape index (κ1) is 12.7. The van der Waals surface area contributed by atoms with E-state index in [1.807, 2.05) is 42.6 Å². The maximum Gasteiger partial charge on any atom is 0.0681 e. The molecule has 0 radical (unpaired) electrons. The monoisotopic (exact) mass is 242 g/mol. The Kier molecular flexibility index (Phi) is 4.88. The summed E-state index contributed by atoms with van der Waals surface area (Å²) in [5.41, 5.74) is 3.26. The Labute approximate surface area is 108 Å². The van der Waals surface area contributed by atoms with Gasteiger partial charge in [-0.25, -0.2) is 0 Å². The lowest BCUT2D eigenvalue weighted by atomic mass is 10.1. The second-order valence-corrected chi connectivity index (χ2v) is 4.23. The van der Waals surface area contributed by atoms with Gasteiger partial charge in [-0.3, -0.25) is 4.98 Å². The number of aliphatic hydroxyl groups is 1. The first-order valence-electron chi connectivity index (χ1n) is 6.18. The number of nitrogens with one attached hydrogen (secondary N) is 1. The Morgan fingerprint density at radius 3 is 2.72 bits per heavy atom. The molecule has 2 rings (SSSR count). The van der Waals surface area contributed by atoms with Crippen LogP contribution in [0, 0.1) is 0 Å². The minimum atomic E-state index is 0.0990. The lowest BCUT2D eigenvalue weighted by molar-refractivity contribution is 0.281. The van der Waals surface area contributed by atoms with Gasteiger partial charge in [-0.05, 0) is 23.3 Å². The summed E-state index contributed by atoms with van der Waals surface area (Å²) in [5, 5.41) is 12.4. The van der Waals surface area contributed by atoms with Crippen molar-refractivity contribution in [2.45, 2.75) is 19.6 Å². The molecule has 0 saturated heterocycles. The molecule has 1 aromatic heterocycles. The number of benzene rings is 1. The van der Waals surface area contributed by atoms with E-state index in [-0.39, 0.29) is 6.61 Å². The Morgan fingerprint density at radius 1 is 1.06 bits per heavy atom. The number of nitrogens with zero attached hydrogens (tertiary/aromatic N) is 1. The maximum atomic E-state index is 9.05. The molecule has 0 aliphatic carbocycles. The number of rotatable bonds is 6. The SMILES string of the molecule is OCc1cccc(CNCCc2ccccn2)c1. The number of aliphatic hydroxyl groups excluding tert-OH is 1. The quantitative estimate of drug-likeness (QED) is 0.761. The van der Waals surface area contributed by atoms with Gasteiger partial charge < -0.3 is 10.4 Å². The Hall–Kier alpha value is -1.71. The average molecular weight is 242 g/mol. The molecule has 0 aliphatic heterocycles. The molecular weight excluding hydrogens is 224 g/mol. The van der Waals surface area contributed by atoms with E-state index in [1.54, 1.807) is 0 Å². The molecule has 1 heterocycles. The van der Waals surface area contributed by atoms with Crippen LogP contribution >= 0.6 is 0 Å². The van der Waals surface area contributed by atoms with Crippen LogP contribution in [0.2, 0.25) is 0 Å². The highest BCUT2D eigenvalue weighted by molar-refractivity contribution is 5.22. The van der Waals surface area contributed by atoms with Crippen molar-refractivity contribution in [2.75, 3.05) is 6.54 Å². The first-order chi connectivity index (χ1) is 8.88. The minimum absolute atomic E-state index is 0.0990. The summed E-state index contributed by atoms with van der Waals surface area (Å²) in [6.07, 6.45) is 2.75. The van der Waals surface area contributed by atoms with Crippen molar-refractivity contribution in [2.24, 2.45) is 0 Å². The van der Waals surface area contributed by atoms with Gasteiger partial charge in [0.2, 0.25) is 0 Å². The van der Waals surface area contributed by atoms with Crippen LogP contribution in [0.1, 0.15) is 16.8 Å². The van der Waals surface area contributed by atoms with E-state index in [2.05, 4.69) is 16.4 Å². The third-order valence-corrected chi connectivity index (χ3v) is 2.79. The number of hydrogen-bond donors (Lipinski definition) is 2. The molecule has 3 heteroatoms. The second-order valence-electron chi connectivity index (χ2n) is 4.23. The van der Waals surface area contributed by atoms with Crippen LogP contribution in [0.5, 0.6) is 0 Å². The maximum absolute atomic E-state index is 9.05. The fraction of sp³-hybridized carbons (Fsp3) is 0.267. The van der Waals surface area contributed by atoms with Gasteiger partial charge in [0.15, 0.2) is 0 Å². The number of aromatic nitrogens is 1. The van der Waals surface area contributed by atoms with Gasteiger partial charge in [0.25, 0.3) is 0 Å². The van der Waals surface area contributed by atoms with Gasteiger partial charge in [0, 0.05) is 31.4 Å². The largest absolute Gasteiger partial charge is 0.392 e. The highest BCUT2D eigenvalue weighted by atomic mass is 16.3. The topological polar surface area (TPSA) is 45.1 Å². The van der Waals surface area contributed by atoms with E-state index >= 15 is 0 Å². The van der Waals surface area contributed by atoms with Crippen molar-refractivity contribution in [3.8, 4) is 0 Å². The summed E-state index contributed by atoms with van der Waals surface area (Å²) < 4.78 is 0. The van der Waals surface area contributed by atoms with Crippen LogP contribution in [0.15, 0.2) is 48.7 Å². The molecule has 1 aromatic carbocycles. The summed E-state index contributed by atoms with van der Waals surface area (Å²) in [4.78, 5) is 4.28. The number of hydrogen-bond acceptors (Lipinski definition) is 3. The zero-order valence-corrected chi connectivity index (χ0v) is 10.3. The predicted molar refractivity (Wildman–Crippen MR) is 72.0 cm³/mol. The summed E-state index contributed by atoms with van der Waals surface area (Å²) in [6.45, 7) is 1.82. The third-order valence-electron chi connectivity index (χ3n) is 2.79. The third kappa shape index (κ3) is 3.95. The Bertz CT molecular complexity index is 471. The molecule has 0 bridgehead atoms. The van der Waals surface area contributed by atoms with E-state index in [9.17, 15) is 0 Å². The molecule has 0 aliphatic rings. The molecule has 0 unspecified atom stereocenters. The van der Waals surface area contributed by atoms with Crippen molar-refractivity contribution < 1.29 is 5.11 Å². The predicted octanol–water partition coefficient (Wildman–Crippen LogP) is 1.91. The molecule has 94 valence electrons. The lowest BCUT2D eigenvalue weighted by Gasteiger charge is -2.06. The van der Waals surface area contributed by atoms with Gasteiger partial charge in [-0.15, -0.1) is 0 Å². The molecule has 3 nitrogen and oxygen atoms in total. The zero-order valence-electron chi connectivity index (χ0n) is 10.3. The van der Waals surface area contributed by atoms with Crippen molar-refractivity contribution in [3.63, 3.8) is 0 Å². The van der Waals surface area contributed by atoms with E-state index in [1.165, 1.54) is 5.56 Å². The molecule has 0 atom stereocenters. The smallest absolute Gasteiger partial charge is 0.0681 e. The van der Waals surface area contributed by atoms with E-state index < -0.39 is 0 Å². The molecule has 0 spiro atoms. The van der Waals surface area contributed by atoms with E-state index in [4.69, 9.17) is 5.11 Å². The number of pyridine rings is 1. The van der Waals surface area contributed by atoms with Gasteiger partial charge in [-0.1, -0.05) is 30.3 Å². The van der Waals surface area contributed by atoms with Gasteiger partial charge in [0.05, 0.1) is 6.61 Å². The molecule has 0 fully saturated rings. The normalized spacial score (nSPS) is 10.5. The Balaban J connectivity index is 1.75. The van der Waals surface area contributed by atoms with Crippen LogP contribution in [0.3, 0.4) is 0 Å². The van der Waals surface area contributed by atoms with Gasteiger partial charge in [-0.2, -0.15) is 0 Å². The molecule has 2 N–H and O–H groups in total. The van der Waals surface area contributed by atoms with Crippen molar-refractivity contribution in [3.05, 3.63) is 65.5 Å². The van der Waals surface area contributed by atoms with Crippen LogP contribution in [-0.4, -0.2) is 16.6 Å². The molecular formula is C15H18N2O. The standard InChI is InChI=1S/C15H18N2O/c18-12-14-5-3-4-13(10-14)11-16-9-7-15-6-1-2-8-17-15/h1-6,8,10,16,18H,7,9,11-12H2. The van der Waals surface area contributed by atoms with Gasteiger partial charge in [0.1, 0.15) is 0 Å². The van der Waals surface area contributed by atoms with Crippen LogP contribution < -0.4 is 5.32 Å². The molecule has 18 heavy (non-hydrogen) atoms. The Morgan fingerprint density at radius 2 is 1.94 bits per heavy atom. The van der Waals surface area contributed by atoms with Crippen LogP contribution in [-0.2, 0) is 19.6 Å². The summed E-state index contributed by atoms with van der Waals surface area (Å²) >= 11 is 0. The van der Waals surface area contributed by atoms with Crippen molar-refractivity contribution in [1.82, 2.24) is 10.3 Å². The fourth-order valence-corrected chi connectivity index (χ4v) is 1.83. The summed E-state index contributed by atoms with van der Waals surface area (Å²) in [5.74, 6) is 0. The van der Waals surface area contributed by atoms with Crippen LogP contribution in [0.25, 0.3) is 0 Å². The van der Waals surface area contributed by atoms with Crippen molar-refractivity contribution in [1.29, 1.82) is 0 Å². The van der Waals surface area contributed by atoms with Crippen molar-refractivity contribution >= 4 is 0 Å². The second kappa shape index (κ2) is 6.89. The average Bonchev–Trinajstić information content (AvgIpc) is 2.45. The highest BCUT2D eigenvalue weighted by Gasteiger charge is 1.96. The van der Waals surface area contributed by atoms with E-state index in [0.717, 1.165) is 30.8 Å². The van der Waals surface area contributed by atoms with Crippen LogP contribution in [0.4, 0.5) is 0 Å². The highest BCUT2D eigenvalue weighted by Crippen LogP contribution is 2.04. The summed E-state index contributed by atoms with van der Waals surface area (Å²) in [6, 6.07) is 14.0. The lowest BCUT2D eigenvalue weighted by Crippen LogP contribution is -2.17. The zero-order chi connectivity index (χ0) is 12.6. The van der Waals surface area contributed by atoms with Gasteiger partial charge >= 0.3 is 0 Å². The summed E-state index contributed by atoms with van der Waals surface area (Å²) in [7, 11) is 0. The molecule has 0 amide bonds. The van der Waals surface area contributed by atoms with E-state index in [0.29, 0.717) is 0 Å². The molecule has 0 saturated carbocycles.